The molecule has 6 heteroatoms. The zero-order valence-corrected chi connectivity index (χ0v) is 15.0. The quantitative estimate of drug-likeness (QED) is 0.430. The molecule has 2 aromatic carbocycles. The molecule has 26 heavy (non-hydrogen) atoms. The number of halogens is 1. The Morgan fingerprint density at radius 3 is 2.54 bits per heavy atom. The Morgan fingerprint density at radius 2 is 1.88 bits per heavy atom. The Bertz CT molecular complexity index is 707. The Kier molecular flexibility index (Phi) is 8.05. The minimum Gasteiger partial charge on any atom is -0.396 e. The van der Waals surface area contributed by atoms with Gasteiger partial charge in [-0.2, -0.15) is 0 Å². The standard InChI is InChI=1S/C20H26FN3O2/c1-2-22-20(23-11-15-8-9-19(21)17(10-15)13-25)24-12-18(14-26)16-6-4-3-5-7-16/h3-10,18,25-26H,2,11-14H2,1H3,(H2,22,23,24). The van der Waals surface area contributed by atoms with Crippen molar-refractivity contribution >= 4 is 5.96 Å². The molecule has 0 heterocycles. The molecule has 0 aliphatic rings. The van der Waals surface area contributed by atoms with Crippen molar-refractivity contribution < 1.29 is 14.6 Å². The minimum absolute atomic E-state index is 0.0353. The van der Waals surface area contributed by atoms with E-state index in [4.69, 9.17) is 5.11 Å². The third-order valence-electron chi connectivity index (χ3n) is 4.05. The Balaban J connectivity index is 2.02. The predicted molar refractivity (Wildman–Crippen MR) is 101 cm³/mol. The smallest absolute Gasteiger partial charge is 0.191 e. The van der Waals surface area contributed by atoms with Crippen LogP contribution in [0.15, 0.2) is 53.5 Å². The Hall–Kier alpha value is -2.44. The second kappa shape index (κ2) is 10.5. The van der Waals surface area contributed by atoms with Crippen LogP contribution in [-0.2, 0) is 13.2 Å². The summed E-state index contributed by atoms with van der Waals surface area (Å²) in [6, 6.07) is 14.4. The van der Waals surface area contributed by atoms with E-state index in [0.29, 0.717) is 25.6 Å². The van der Waals surface area contributed by atoms with Crippen LogP contribution in [0.2, 0.25) is 0 Å². The maximum Gasteiger partial charge on any atom is 0.191 e. The first kappa shape index (κ1) is 19.9. The number of hydrogen-bond donors (Lipinski definition) is 4. The molecule has 0 saturated heterocycles. The molecule has 4 N–H and O–H groups in total. The summed E-state index contributed by atoms with van der Waals surface area (Å²) >= 11 is 0. The summed E-state index contributed by atoms with van der Waals surface area (Å²) in [5.41, 5.74) is 2.14. The molecule has 0 aliphatic carbocycles. The highest BCUT2D eigenvalue weighted by Gasteiger charge is 2.11. The van der Waals surface area contributed by atoms with E-state index >= 15 is 0 Å². The topological polar surface area (TPSA) is 76.9 Å². The summed E-state index contributed by atoms with van der Waals surface area (Å²) in [5.74, 6) is 0.169. The SMILES string of the molecule is CCNC(=NCc1ccc(F)c(CO)c1)NCC(CO)c1ccccc1. The summed E-state index contributed by atoms with van der Waals surface area (Å²) in [7, 11) is 0. The largest absolute Gasteiger partial charge is 0.396 e. The molecule has 0 aromatic heterocycles. The first-order valence-electron chi connectivity index (χ1n) is 8.74. The van der Waals surface area contributed by atoms with Crippen LogP contribution in [0.1, 0.15) is 29.5 Å². The molecule has 0 spiro atoms. The maximum absolute atomic E-state index is 13.5. The van der Waals surface area contributed by atoms with Crippen molar-refractivity contribution in [3.63, 3.8) is 0 Å². The Morgan fingerprint density at radius 1 is 1.12 bits per heavy atom. The van der Waals surface area contributed by atoms with Crippen molar-refractivity contribution in [2.24, 2.45) is 4.99 Å². The number of nitrogens with zero attached hydrogens (tertiary/aromatic N) is 1. The van der Waals surface area contributed by atoms with Crippen molar-refractivity contribution in [2.75, 3.05) is 19.7 Å². The van der Waals surface area contributed by atoms with E-state index < -0.39 is 5.82 Å². The average Bonchev–Trinajstić information content (AvgIpc) is 2.68. The highest BCUT2D eigenvalue weighted by molar-refractivity contribution is 5.79. The maximum atomic E-state index is 13.5. The lowest BCUT2D eigenvalue weighted by Gasteiger charge is -2.18. The van der Waals surface area contributed by atoms with Gasteiger partial charge in [-0.15, -0.1) is 0 Å². The van der Waals surface area contributed by atoms with E-state index in [1.807, 2.05) is 37.3 Å². The van der Waals surface area contributed by atoms with Gasteiger partial charge in [0.2, 0.25) is 0 Å². The molecule has 0 bridgehead atoms. The molecule has 0 aliphatic heterocycles. The number of rotatable bonds is 8. The first-order valence-corrected chi connectivity index (χ1v) is 8.74. The fourth-order valence-corrected chi connectivity index (χ4v) is 2.59. The fraction of sp³-hybridized carbons (Fsp3) is 0.350. The van der Waals surface area contributed by atoms with Crippen molar-refractivity contribution in [1.29, 1.82) is 0 Å². The van der Waals surface area contributed by atoms with Gasteiger partial charge in [0.05, 0.1) is 19.8 Å². The molecule has 0 amide bonds. The summed E-state index contributed by atoms with van der Waals surface area (Å²) in [5, 5.41) is 25.2. The monoisotopic (exact) mass is 359 g/mol. The van der Waals surface area contributed by atoms with Gasteiger partial charge < -0.3 is 20.8 Å². The molecule has 0 radical (unpaired) electrons. The summed E-state index contributed by atoms with van der Waals surface area (Å²) in [6.07, 6.45) is 0. The van der Waals surface area contributed by atoms with Gasteiger partial charge in [-0.3, -0.25) is 0 Å². The van der Waals surface area contributed by atoms with Crippen molar-refractivity contribution in [3.05, 3.63) is 71.0 Å². The van der Waals surface area contributed by atoms with Gasteiger partial charge in [0, 0.05) is 24.6 Å². The van der Waals surface area contributed by atoms with Crippen LogP contribution in [0.3, 0.4) is 0 Å². The van der Waals surface area contributed by atoms with Gasteiger partial charge in [-0.05, 0) is 30.2 Å². The van der Waals surface area contributed by atoms with Gasteiger partial charge in [0.15, 0.2) is 5.96 Å². The van der Waals surface area contributed by atoms with Gasteiger partial charge in [0.1, 0.15) is 5.82 Å². The number of aliphatic imine (C=N–C) groups is 1. The molecular formula is C20H26FN3O2. The number of nitrogens with one attached hydrogen (secondary N) is 2. The van der Waals surface area contributed by atoms with Crippen LogP contribution in [-0.4, -0.2) is 35.9 Å². The van der Waals surface area contributed by atoms with Crippen LogP contribution >= 0.6 is 0 Å². The van der Waals surface area contributed by atoms with Crippen LogP contribution in [0, 0.1) is 5.82 Å². The molecule has 0 fully saturated rings. The second-order valence-corrected chi connectivity index (χ2v) is 5.95. The minimum atomic E-state index is -0.418. The average molecular weight is 359 g/mol. The van der Waals surface area contributed by atoms with E-state index in [-0.39, 0.29) is 24.7 Å². The van der Waals surface area contributed by atoms with Gasteiger partial charge in [0.25, 0.3) is 0 Å². The van der Waals surface area contributed by atoms with Crippen molar-refractivity contribution in [3.8, 4) is 0 Å². The van der Waals surface area contributed by atoms with E-state index in [1.165, 1.54) is 6.07 Å². The van der Waals surface area contributed by atoms with Gasteiger partial charge in [-0.25, -0.2) is 9.38 Å². The van der Waals surface area contributed by atoms with Crippen LogP contribution in [0.4, 0.5) is 4.39 Å². The molecule has 2 rings (SSSR count). The third kappa shape index (κ3) is 5.82. The summed E-state index contributed by atoms with van der Waals surface area (Å²) in [6.45, 7) is 3.27. The van der Waals surface area contributed by atoms with Gasteiger partial charge in [-0.1, -0.05) is 36.4 Å². The number of aliphatic hydroxyl groups excluding tert-OH is 2. The summed E-state index contributed by atoms with van der Waals surface area (Å²) in [4.78, 5) is 4.50. The normalized spacial score (nSPS) is 12.7. The number of benzene rings is 2. The number of guanidine groups is 1. The fourth-order valence-electron chi connectivity index (χ4n) is 2.59. The first-order chi connectivity index (χ1) is 12.7. The molecular weight excluding hydrogens is 333 g/mol. The van der Waals surface area contributed by atoms with E-state index in [9.17, 15) is 9.50 Å². The summed E-state index contributed by atoms with van der Waals surface area (Å²) < 4.78 is 13.5. The molecule has 1 atom stereocenters. The van der Waals surface area contributed by atoms with Crippen molar-refractivity contribution in [2.45, 2.75) is 26.0 Å². The van der Waals surface area contributed by atoms with Crippen molar-refractivity contribution in [1.82, 2.24) is 10.6 Å². The highest BCUT2D eigenvalue weighted by Crippen LogP contribution is 2.14. The lowest BCUT2D eigenvalue weighted by molar-refractivity contribution is 0.265. The lowest BCUT2D eigenvalue weighted by atomic mass is 10.0. The zero-order valence-electron chi connectivity index (χ0n) is 15.0. The van der Waals surface area contributed by atoms with Gasteiger partial charge >= 0.3 is 0 Å². The van der Waals surface area contributed by atoms with E-state index in [1.54, 1.807) is 12.1 Å². The van der Waals surface area contributed by atoms with Crippen LogP contribution in [0.25, 0.3) is 0 Å². The highest BCUT2D eigenvalue weighted by atomic mass is 19.1. The number of hydrogen-bond acceptors (Lipinski definition) is 3. The molecule has 0 saturated carbocycles. The Labute approximate surface area is 153 Å². The molecule has 2 aromatic rings. The zero-order chi connectivity index (χ0) is 18.8. The lowest BCUT2D eigenvalue weighted by Crippen LogP contribution is -2.39. The molecule has 5 nitrogen and oxygen atoms in total. The van der Waals surface area contributed by atoms with E-state index in [2.05, 4.69) is 15.6 Å². The predicted octanol–water partition coefficient (Wildman–Crippen LogP) is 2.15. The molecule has 1 unspecified atom stereocenters. The second-order valence-electron chi connectivity index (χ2n) is 5.95. The van der Waals surface area contributed by atoms with E-state index in [0.717, 1.165) is 11.1 Å². The number of aliphatic hydroxyl groups is 2. The molecule has 140 valence electrons. The third-order valence-corrected chi connectivity index (χ3v) is 4.05. The van der Waals surface area contributed by atoms with Crippen LogP contribution < -0.4 is 10.6 Å². The van der Waals surface area contributed by atoms with Crippen LogP contribution in [0.5, 0.6) is 0 Å².